The Morgan fingerprint density at radius 1 is 1.17 bits per heavy atom. The number of methoxy groups -OCH3 is 1. The molecule has 1 aromatic carbocycles. The van der Waals surface area contributed by atoms with E-state index in [4.69, 9.17) is 16.3 Å². The Hall–Kier alpha value is -1.47. The molecule has 0 aliphatic rings. The summed E-state index contributed by atoms with van der Waals surface area (Å²) in [5.74, 6) is -1.85. The smallest absolute Gasteiger partial charge is 0.321 e. The summed E-state index contributed by atoms with van der Waals surface area (Å²) in [5, 5.41) is 0.199. The number of hydrogen-bond acceptors (Lipinski definition) is 5. The molecule has 0 fully saturated rings. The Morgan fingerprint density at radius 2 is 1.94 bits per heavy atom. The summed E-state index contributed by atoms with van der Waals surface area (Å²) >= 11 is 6.68. The average molecular weight is 290 g/mol. The molecule has 1 heterocycles. The summed E-state index contributed by atoms with van der Waals surface area (Å²) in [5.41, 5.74) is 0. The highest BCUT2D eigenvalue weighted by Gasteiger charge is 2.09. The first kappa shape index (κ1) is 13.0. The number of aromatic nitrogens is 3. The minimum Gasteiger partial charge on any atom is -0.467 e. The largest absolute Gasteiger partial charge is 0.467 e. The highest BCUT2D eigenvalue weighted by molar-refractivity contribution is 7.99. The van der Waals surface area contributed by atoms with Crippen LogP contribution in [0.25, 0.3) is 0 Å². The molecule has 0 saturated carbocycles. The third kappa shape index (κ3) is 3.05. The van der Waals surface area contributed by atoms with Crippen molar-refractivity contribution in [1.82, 2.24) is 15.0 Å². The lowest BCUT2D eigenvalue weighted by atomic mass is 10.3. The molecular weight excluding hydrogens is 284 g/mol. The Morgan fingerprint density at radius 3 is 2.61 bits per heavy atom. The van der Waals surface area contributed by atoms with Gasteiger partial charge < -0.3 is 4.74 Å². The Bertz CT molecular complexity index is 585. The molecule has 0 unspecified atom stereocenters. The minimum absolute atomic E-state index is 0.0352. The van der Waals surface area contributed by atoms with Crippen molar-refractivity contribution in [2.24, 2.45) is 0 Å². The third-order valence-corrected chi connectivity index (χ3v) is 2.87. The zero-order valence-corrected chi connectivity index (χ0v) is 10.6. The number of hydrogen-bond donors (Lipinski definition) is 0. The standard InChI is InChI=1S/C10H6ClF2N3OS/c1-17-9-14-8(11)15-10(16-9)18-5-2-3-6(12)7(13)4-5/h2-4H,1H3. The summed E-state index contributed by atoms with van der Waals surface area (Å²) in [4.78, 5) is 11.9. The zero-order valence-electron chi connectivity index (χ0n) is 9.02. The van der Waals surface area contributed by atoms with Crippen LogP contribution in [0.5, 0.6) is 6.01 Å². The van der Waals surface area contributed by atoms with E-state index < -0.39 is 11.6 Å². The van der Waals surface area contributed by atoms with Crippen LogP contribution < -0.4 is 4.74 Å². The van der Waals surface area contributed by atoms with E-state index in [1.54, 1.807) is 0 Å². The Labute approximate surface area is 110 Å². The van der Waals surface area contributed by atoms with Crippen LogP contribution >= 0.6 is 23.4 Å². The van der Waals surface area contributed by atoms with Crippen LogP contribution in [0, 0.1) is 11.6 Å². The first-order chi connectivity index (χ1) is 8.58. The van der Waals surface area contributed by atoms with Crippen molar-refractivity contribution in [3.63, 3.8) is 0 Å². The van der Waals surface area contributed by atoms with Crippen molar-refractivity contribution in [1.29, 1.82) is 0 Å². The molecule has 18 heavy (non-hydrogen) atoms. The van der Waals surface area contributed by atoms with Gasteiger partial charge in [0, 0.05) is 4.90 Å². The van der Waals surface area contributed by atoms with Gasteiger partial charge in [0.25, 0.3) is 0 Å². The van der Waals surface area contributed by atoms with E-state index >= 15 is 0 Å². The van der Waals surface area contributed by atoms with E-state index in [0.29, 0.717) is 4.90 Å². The fraction of sp³-hybridized carbons (Fsp3) is 0.100. The van der Waals surface area contributed by atoms with Crippen LogP contribution in [0.1, 0.15) is 0 Å². The van der Waals surface area contributed by atoms with Gasteiger partial charge in [-0.25, -0.2) is 8.78 Å². The van der Waals surface area contributed by atoms with Gasteiger partial charge in [0.05, 0.1) is 7.11 Å². The van der Waals surface area contributed by atoms with E-state index in [1.807, 2.05) is 0 Å². The highest BCUT2D eigenvalue weighted by Crippen LogP contribution is 2.27. The molecule has 2 aromatic rings. The molecule has 0 saturated heterocycles. The molecule has 1 aromatic heterocycles. The van der Waals surface area contributed by atoms with Crippen molar-refractivity contribution in [3.8, 4) is 6.01 Å². The highest BCUT2D eigenvalue weighted by atomic mass is 35.5. The van der Waals surface area contributed by atoms with Gasteiger partial charge >= 0.3 is 6.01 Å². The van der Waals surface area contributed by atoms with E-state index in [9.17, 15) is 8.78 Å². The first-order valence-electron chi connectivity index (χ1n) is 4.67. The van der Waals surface area contributed by atoms with E-state index in [2.05, 4.69) is 15.0 Å². The number of halogens is 3. The van der Waals surface area contributed by atoms with Crippen LogP contribution in [0.3, 0.4) is 0 Å². The molecule has 0 aliphatic carbocycles. The lowest BCUT2D eigenvalue weighted by Gasteiger charge is -2.03. The first-order valence-corrected chi connectivity index (χ1v) is 5.86. The molecule has 0 amide bonds. The van der Waals surface area contributed by atoms with Gasteiger partial charge in [-0.1, -0.05) is 0 Å². The van der Waals surface area contributed by atoms with Crippen molar-refractivity contribution in [2.75, 3.05) is 7.11 Å². The third-order valence-electron chi connectivity index (χ3n) is 1.85. The molecule has 94 valence electrons. The number of benzene rings is 1. The number of rotatable bonds is 3. The normalized spacial score (nSPS) is 10.4. The van der Waals surface area contributed by atoms with Gasteiger partial charge in [-0.2, -0.15) is 15.0 Å². The van der Waals surface area contributed by atoms with E-state index in [0.717, 1.165) is 23.9 Å². The summed E-state index contributed by atoms with van der Waals surface area (Å²) in [7, 11) is 1.39. The van der Waals surface area contributed by atoms with Crippen molar-refractivity contribution in [3.05, 3.63) is 35.1 Å². The minimum atomic E-state index is -0.938. The lowest BCUT2D eigenvalue weighted by molar-refractivity contribution is 0.373. The quantitative estimate of drug-likeness (QED) is 0.869. The second kappa shape index (κ2) is 5.45. The van der Waals surface area contributed by atoms with Crippen molar-refractivity contribution < 1.29 is 13.5 Å². The molecule has 8 heteroatoms. The zero-order chi connectivity index (χ0) is 13.1. The second-order valence-corrected chi connectivity index (χ2v) is 4.43. The van der Waals surface area contributed by atoms with Crippen LogP contribution in [0.2, 0.25) is 5.28 Å². The second-order valence-electron chi connectivity index (χ2n) is 3.05. The van der Waals surface area contributed by atoms with Gasteiger partial charge in [0.15, 0.2) is 16.8 Å². The van der Waals surface area contributed by atoms with Crippen LogP contribution in [-0.4, -0.2) is 22.1 Å². The van der Waals surface area contributed by atoms with Gasteiger partial charge in [-0.3, -0.25) is 0 Å². The van der Waals surface area contributed by atoms with Gasteiger partial charge in [-0.05, 0) is 41.6 Å². The van der Waals surface area contributed by atoms with E-state index in [1.165, 1.54) is 13.2 Å². The number of nitrogens with zero attached hydrogens (tertiary/aromatic N) is 3. The SMILES string of the molecule is COc1nc(Cl)nc(Sc2ccc(F)c(F)c2)n1. The average Bonchev–Trinajstić information content (AvgIpc) is 2.33. The molecular formula is C10H6ClF2N3OS. The Kier molecular flexibility index (Phi) is 3.93. The summed E-state index contributed by atoms with van der Waals surface area (Å²) in [6, 6.07) is 3.54. The monoisotopic (exact) mass is 289 g/mol. The van der Waals surface area contributed by atoms with Gasteiger partial charge in [-0.15, -0.1) is 0 Å². The molecule has 0 bridgehead atoms. The predicted octanol–water partition coefficient (Wildman–Crippen LogP) is 2.96. The molecule has 2 rings (SSSR count). The molecule has 4 nitrogen and oxygen atoms in total. The number of ether oxygens (including phenoxy) is 1. The summed E-state index contributed by atoms with van der Waals surface area (Å²) in [6.45, 7) is 0. The molecule has 0 N–H and O–H groups in total. The lowest BCUT2D eigenvalue weighted by Crippen LogP contribution is -1.97. The summed E-state index contributed by atoms with van der Waals surface area (Å²) < 4.78 is 30.6. The molecule has 0 spiro atoms. The maximum atomic E-state index is 13.0. The Balaban J connectivity index is 2.27. The summed E-state index contributed by atoms with van der Waals surface area (Å²) in [6.07, 6.45) is 0. The fourth-order valence-electron chi connectivity index (χ4n) is 1.10. The topological polar surface area (TPSA) is 47.9 Å². The fourth-order valence-corrected chi connectivity index (χ4v) is 2.06. The van der Waals surface area contributed by atoms with Crippen LogP contribution in [-0.2, 0) is 0 Å². The van der Waals surface area contributed by atoms with Crippen molar-refractivity contribution in [2.45, 2.75) is 10.1 Å². The molecule has 0 radical (unpaired) electrons. The van der Waals surface area contributed by atoms with Crippen molar-refractivity contribution >= 4 is 23.4 Å². The predicted molar refractivity (Wildman–Crippen MR) is 61.9 cm³/mol. The van der Waals surface area contributed by atoms with Gasteiger partial charge in [0.2, 0.25) is 5.28 Å². The van der Waals surface area contributed by atoms with Gasteiger partial charge in [0.1, 0.15) is 0 Å². The van der Waals surface area contributed by atoms with E-state index in [-0.39, 0.29) is 16.5 Å². The van der Waals surface area contributed by atoms with Crippen LogP contribution in [0.4, 0.5) is 8.78 Å². The molecule has 0 atom stereocenters. The molecule has 0 aliphatic heterocycles. The van der Waals surface area contributed by atoms with Crippen LogP contribution in [0.15, 0.2) is 28.3 Å². The maximum Gasteiger partial charge on any atom is 0.321 e. The maximum absolute atomic E-state index is 13.0.